The standard InChI is InChI=1S/C10H17N3O/c1-8-4-5-13(9(14)12-8)7-10(2,3)6-11/h4-5H,6-7,11H2,1-3H3. The van der Waals surface area contributed by atoms with Gasteiger partial charge in [-0.2, -0.15) is 4.98 Å². The average molecular weight is 195 g/mol. The highest BCUT2D eigenvalue weighted by molar-refractivity contribution is 4.96. The summed E-state index contributed by atoms with van der Waals surface area (Å²) in [4.78, 5) is 15.3. The second-order valence-corrected chi connectivity index (χ2v) is 4.35. The summed E-state index contributed by atoms with van der Waals surface area (Å²) < 4.78 is 1.60. The van der Waals surface area contributed by atoms with Crippen molar-refractivity contribution in [1.82, 2.24) is 9.55 Å². The molecule has 0 saturated heterocycles. The molecule has 0 saturated carbocycles. The van der Waals surface area contributed by atoms with E-state index in [1.165, 1.54) is 0 Å². The quantitative estimate of drug-likeness (QED) is 0.765. The van der Waals surface area contributed by atoms with E-state index >= 15 is 0 Å². The summed E-state index contributed by atoms with van der Waals surface area (Å²) in [5, 5.41) is 0. The van der Waals surface area contributed by atoms with Crippen molar-refractivity contribution in [3.63, 3.8) is 0 Å². The molecule has 4 heteroatoms. The van der Waals surface area contributed by atoms with Crippen LogP contribution in [0.2, 0.25) is 0 Å². The normalized spacial score (nSPS) is 11.7. The van der Waals surface area contributed by atoms with Crippen molar-refractivity contribution >= 4 is 0 Å². The molecule has 0 atom stereocenters. The van der Waals surface area contributed by atoms with E-state index in [0.29, 0.717) is 13.1 Å². The average Bonchev–Trinajstić information content (AvgIpc) is 2.10. The summed E-state index contributed by atoms with van der Waals surface area (Å²) in [6, 6.07) is 1.83. The van der Waals surface area contributed by atoms with Crippen molar-refractivity contribution in [3.8, 4) is 0 Å². The lowest BCUT2D eigenvalue weighted by Crippen LogP contribution is -2.34. The van der Waals surface area contributed by atoms with Crippen molar-refractivity contribution in [2.45, 2.75) is 27.3 Å². The third-order valence-electron chi connectivity index (χ3n) is 2.16. The van der Waals surface area contributed by atoms with Gasteiger partial charge in [-0.05, 0) is 24.9 Å². The number of aryl methyl sites for hydroxylation is 1. The lowest BCUT2D eigenvalue weighted by molar-refractivity contribution is 0.310. The Hall–Kier alpha value is -1.16. The van der Waals surface area contributed by atoms with E-state index in [0.717, 1.165) is 5.69 Å². The minimum absolute atomic E-state index is 0.0687. The monoisotopic (exact) mass is 195 g/mol. The van der Waals surface area contributed by atoms with Gasteiger partial charge < -0.3 is 5.73 Å². The summed E-state index contributed by atoms with van der Waals surface area (Å²) in [7, 11) is 0. The number of aromatic nitrogens is 2. The minimum Gasteiger partial charge on any atom is -0.330 e. The topological polar surface area (TPSA) is 60.9 Å². The van der Waals surface area contributed by atoms with Gasteiger partial charge in [0.25, 0.3) is 0 Å². The van der Waals surface area contributed by atoms with Crippen LogP contribution in [0, 0.1) is 12.3 Å². The molecule has 0 amide bonds. The van der Waals surface area contributed by atoms with Crippen LogP contribution in [0.4, 0.5) is 0 Å². The molecular weight excluding hydrogens is 178 g/mol. The van der Waals surface area contributed by atoms with Crippen molar-refractivity contribution in [1.29, 1.82) is 0 Å². The third kappa shape index (κ3) is 2.67. The molecule has 0 unspecified atom stereocenters. The maximum absolute atomic E-state index is 11.4. The van der Waals surface area contributed by atoms with Gasteiger partial charge >= 0.3 is 5.69 Å². The molecule has 0 aromatic carbocycles. The third-order valence-corrected chi connectivity index (χ3v) is 2.16. The molecule has 1 aromatic heterocycles. The molecule has 78 valence electrons. The fourth-order valence-corrected chi connectivity index (χ4v) is 1.16. The molecule has 1 aromatic rings. The highest BCUT2D eigenvalue weighted by Crippen LogP contribution is 2.14. The highest BCUT2D eigenvalue weighted by Gasteiger charge is 2.16. The predicted molar refractivity (Wildman–Crippen MR) is 56.1 cm³/mol. The van der Waals surface area contributed by atoms with Crippen LogP contribution >= 0.6 is 0 Å². The van der Waals surface area contributed by atoms with Crippen molar-refractivity contribution in [2.75, 3.05) is 6.54 Å². The van der Waals surface area contributed by atoms with Gasteiger partial charge in [0.05, 0.1) is 0 Å². The van der Waals surface area contributed by atoms with Gasteiger partial charge in [-0.15, -0.1) is 0 Å². The second-order valence-electron chi connectivity index (χ2n) is 4.35. The number of rotatable bonds is 3. The smallest absolute Gasteiger partial charge is 0.330 e. The maximum Gasteiger partial charge on any atom is 0.347 e. The Bertz CT molecular complexity index is 368. The summed E-state index contributed by atoms with van der Waals surface area (Å²) in [6.45, 7) is 7.02. The SMILES string of the molecule is Cc1ccn(CC(C)(C)CN)c(=O)n1. The van der Waals surface area contributed by atoms with Gasteiger partial charge in [0.2, 0.25) is 0 Å². The lowest BCUT2D eigenvalue weighted by Gasteiger charge is -2.22. The largest absolute Gasteiger partial charge is 0.347 e. The molecule has 0 aliphatic heterocycles. The zero-order valence-electron chi connectivity index (χ0n) is 8.95. The molecule has 0 aliphatic rings. The van der Waals surface area contributed by atoms with Gasteiger partial charge in [-0.3, -0.25) is 4.57 Å². The second kappa shape index (κ2) is 3.92. The Labute approximate surface area is 83.8 Å². The molecule has 1 heterocycles. The summed E-state index contributed by atoms with van der Waals surface area (Å²) in [5.41, 5.74) is 6.07. The molecule has 14 heavy (non-hydrogen) atoms. The van der Waals surface area contributed by atoms with E-state index in [-0.39, 0.29) is 11.1 Å². The molecule has 2 N–H and O–H groups in total. The first-order valence-corrected chi connectivity index (χ1v) is 4.69. The van der Waals surface area contributed by atoms with Gasteiger partial charge in [0.1, 0.15) is 0 Å². The molecule has 0 spiro atoms. The summed E-state index contributed by atoms with van der Waals surface area (Å²) >= 11 is 0. The molecule has 0 aliphatic carbocycles. The number of hydrogen-bond donors (Lipinski definition) is 1. The van der Waals surface area contributed by atoms with E-state index < -0.39 is 0 Å². The molecule has 0 bridgehead atoms. The highest BCUT2D eigenvalue weighted by atomic mass is 16.1. The van der Waals surface area contributed by atoms with Crippen LogP contribution in [0.5, 0.6) is 0 Å². The van der Waals surface area contributed by atoms with Crippen LogP contribution in [0.3, 0.4) is 0 Å². The van der Waals surface area contributed by atoms with Crippen LogP contribution < -0.4 is 11.4 Å². The lowest BCUT2D eigenvalue weighted by atomic mass is 9.94. The number of nitrogens with zero attached hydrogens (tertiary/aromatic N) is 2. The van der Waals surface area contributed by atoms with E-state index in [9.17, 15) is 4.79 Å². The molecule has 0 fully saturated rings. The molecule has 0 radical (unpaired) electrons. The van der Waals surface area contributed by atoms with Gasteiger partial charge in [0, 0.05) is 18.4 Å². The van der Waals surface area contributed by atoms with Crippen molar-refractivity contribution < 1.29 is 0 Å². The van der Waals surface area contributed by atoms with Gasteiger partial charge in [-0.25, -0.2) is 4.79 Å². The molecule has 4 nitrogen and oxygen atoms in total. The summed E-state index contributed by atoms with van der Waals surface area (Å²) in [5.74, 6) is 0. The first-order valence-electron chi connectivity index (χ1n) is 4.69. The zero-order valence-corrected chi connectivity index (χ0v) is 8.95. The van der Waals surface area contributed by atoms with Crippen LogP contribution in [0.1, 0.15) is 19.5 Å². The van der Waals surface area contributed by atoms with E-state index in [1.54, 1.807) is 17.7 Å². The number of nitrogens with two attached hydrogens (primary N) is 1. The Morgan fingerprint density at radius 2 is 2.21 bits per heavy atom. The maximum atomic E-state index is 11.4. The van der Waals surface area contributed by atoms with Crippen molar-refractivity contribution in [2.24, 2.45) is 11.1 Å². The van der Waals surface area contributed by atoms with Crippen molar-refractivity contribution in [3.05, 3.63) is 28.4 Å². The Kier molecular flexibility index (Phi) is 3.06. The molecule has 1 rings (SSSR count). The van der Waals surface area contributed by atoms with Crippen LogP contribution in [0.15, 0.2) is 17.1 Å². The first-order chi connectivity index (χ1) is 6.44. The first kappa shape index (κ1) is 10.9. The van der Waals surface area contributed by atoms with E-state index in [2.05, 4.69) is 4.98 Å². The number of hydrogen-bond acceptors (Lipinski definition) is 3. The Morgan fingerprint density at radius 3 is 2.71 bits per heavy atom. The fraction of sp³-hybridized carbons (Fsp3) is 0.600. The van der Waals surface area contributed by atoms with E-state index in [1.807, 2.05) is 19.9 Å². The van der Waals surface area contributed by atoms with Gasteiger partial charge in [0.15, 0.2) is 0 Å². The van der Waals surface area contributed by atoms with Crippen LogP contribution in [-0.2, 0) is 6.54 Å². The Morgan fingerprint density at radius 1 is 1.57 bits per heavy atom. The van der Waals surface area contributed by atoms with Gasteiger partial charge in [-0.1, -0.05) is 13.8 Å². The fourth-order valence-electron chi connectivity index (χ4n) is 1.16. The zero-order chi connectivity index (χ0) is 10.8. The molecular formula is C10H17N3O. The summed E-state index contributed by atoms with van der Waals surface area (Å²) in [6.07, 6.45) is 1.77. The van der Waals surface area contributed by atoms with Crippen LogP contribution in [-0.4, -0.2) is 16.1 Å². The predicted octanol–water partition coefficient (Wildman–Crippen LogP) is 0.537. The van der Waals surface area contributed by atoms with Crippen LogP contribution in [0.25, 0.3) is 0 Å². The Balaban J connectivity index is 2.93. The van der Waals surface area contributed by atoms with E-state index in [4.69, 9.17) is 5.73 Å². The minimum atomic E-state index is -0.202.